The number of carbonyl (C=O) groups is 2. The summed E-state index contributed by atoms with van der Waals surface area (Å²) in [5.41, 5.74) is 1.67. The molecule has 0 unspecified atom stereocenters. The Morgan fingerprint density at radius 1 is 1.18 bits per heavy atom. The van der Waals surface area contributed by atoms with Gasteiger partial charge in [-0.15, -0.1) is 11.3 Å². The smallest absolute Gasteiger partial charge is 0.306 e. The van der Waals surface area contributed by atoms with Crippen molar-refractivity contribution in [2.24, 2.45) is 17.3 Å². The number of sulfone groups is 1. The number of aromatic nitrogens is 1. The summed E-state index contributed by atoms with van der Waals surface area (Å²) in [6.45, 7) is 7.62. The molecule has 4 rings (SSSR count). The standard InChI is InChI=1S/C29H39ClN2O5S2/c1-5-29(3,4)16-39(36,37)23-12-11-21(24(30)17(23)2)25-22(13-18-9-7-6-8-10-18)32-27(38-25)26(33)31-20-14-19(15-20)28(34)35/h11-12,18-20H,5-10,13-16H2,1-4H3,(H,31,33)(H,34,35). The molecule has 1 aromatic carbocycles. The number of hydrogen-bond acceptors (Lipinski definition) is 6. The second kappa shape index (κ2) is 11.9. The SMILES string of the molecule is CCC(C)(C)CS(=O)(=O)c1ccc(-c2sc(C(=O)NC3CC(C(=O)O)C3)nc2CC2CCCCC2)c(Cl)c1C. The van der Waals surface area contributed by atoms with E-state index in [-0.39, 0.29) is 28.0 Å². The number of benzene rings is 1. The predicted octanol–water partition coefficient (Wildman–Crippen LogP) is 6.70. The normalized spacial score (nSPS) is 20.4. The van der Waals surface area contributed by atoms with Crippen LogP contribution in [0.2, 0.25) is 5.02 Å². The minimum Gasteiger partial charge on any atom is -0.481 e. The van der Waals surface area contributed by atoms with Crippen LogP contribution in [0.5, 0.6) is 0 Å². The number of hydrogen-bond donors (Lipinski definition) is 2. The fourth-order valence-corrected chi connectivity index (χ4v) is 9.15. The van der Waals surface area contributed by atoms with Crippen LogP contribution in [-0.2, 0) is 21.1 Å². The number of halogens is 1. The third-order valence-corrected chi connectivity index (χ3v) is 12.3. The third-order valence-electron chi connectivity index (χ3n) is 8.38. The number of amides is 1. The molecule has 1 aromatic heterocycles. The maximum atomic E-state index is 13.3. The molecule has 10 heteroatoms. The van der Waals surface area contributed by atoms with Gasteiger partial charge in [-0.2, -0.15) is 0 Å². The molecule has 7 nitrogen and oxygen atoms in total. The van der Waals surface area contributed by atoms with Gasteiger partial charge in [-0.3, -0.25) is 9.59 Å². The number of carbonyl (C=O) groups excluding carboxylic acids is 1. The van der Waals surface area contributed by atoms with Gasteiger partial charge in [-0.25, -0.2) is 13.4 Å². The lowest BCUT2D eigenvalue weighted by molar-refractivity contribution is -0.145. The molecule has 0 radical (unpaired) electrons. The Kier molecular flexibility index (Phi) is 9.13. The van der Waals surface area contributed by atoms with Gasteiger partial charge in [0, 0.05) is 11.6 Å². The van der Waals surface area contributed by atoms with Crippen LogP contribution in [0.15, 0.2) is 17.0 Å². The monoisotopic (exact) mass is 594 g/mol. The van der Waals surface area contributed by atoms with Crippen molar-refractivity contribution >= 4 is 44.7 Å². The fraction of sp³-hybridized carbons (Fsp3) is 0.621. The van der Waals surface area contributed by atoms with Crippen molar-refractivity contribution in [3.63, 3.8) is 0 Å². The Labute approximate surface area is 240 Å². The first-order valence-corrected chi connectivity index (χ1v) is 16.7. The van der Waals surface area contributed by atoms with E-state index < -0.39 is 21.7 Å². The molecule has 2 aromatic rings. The lowest BCUT2D eigenvalue weighted by Gasteiger charge is -2.32. The second-order valence-electron chi connectivity index (χ2n) is 12.0. The van der Waals surface area contributed by atoms with Crippen molar-refractivity contribution in [1.29, 1.82) is 0 Å². The Bertz CT molecular complexity index is 1340. The van der Waals surface area contributed by atoms with Crippen molar-refractivity contribution in [1.82, 2.24) is 10.3 Å². The molecule has 1 heterocycles. The molecule has 0 atom stereocenters. The summed E-state index contributed by atoms with van der Waals surface area (Å²) in [7, 11) is -3.55. The maximum Gasteiger partial charge on any atom is 0.306 e. The number of nitrogens with zero attached hydrogens (tertiary/aromatic N) is 1. The van der Waals surface area contributed by atoms with Gasteiger partial charge >= 0.3 is 5.97 Å². The first kappa shape index (κ1) is 30.0. The maximum absolute atomic E-state index is 13.3. The number of rotatable bonds is 10. The second-order valence-corrected chi connectivity index (χ2v) is 15.3. The van der Waals surface area contributed by atoms with Crippen molar-refractivity contribution in [2.45, 2.75) is 96.4 Å². The number of nitrogens with one attached hydrogen (secondary N) is 1. The van der Waals surface area contributed by atoms with Gasteiger partial charge in [0.05, 0.1) is 32.2 Å². The van der Waals surface area contributed by atoms with Crippen molar-refractivity contribution in [3.05, 3.63) is 33.4 Å². The van der Waals surface area contributed by atoms with Crippen molar-refractivity contribution < 1.29 is 23.1 Å². The van der Waals surface area contributed by atoms with Crippen molar-refractivity contribution in [2.75, 3.05) is 5.75 Å². The van der Waals surface area contributed by atoms with Gasteiger partial charge in [-0.1, -0.05) is 77.0 Å². The highest BCUT2D eigenvalue weighted by Gasteiger charge is 2.36. The van der Waals surface area contributed by atoms with Crippen LogP contribution in [0.1, 0.15) is 93.2 Å². The molecule has 2 N–H and O–H groups in total. The number of carboxylic acids is 1. The molecule has 2 saturated carbocycles. The zero-order chi connectivity index (χ0) is 28.5. The average Bonchev–Trinajstić information content (AvgIpc) is 3.25. The largest absolute Gasteiger partial charge is 0.481 e. The molecular weight excluding hydrogens is 556 g/mol. The number of thiazole rings is 1. The number of carboxylic acid groups (broad SMARTS) is 1. The van der Waals surface area contributed by atoms with Gasteiger partial charge in [-0.05, 0) is 49.1 Å². The molecule has 214 valence electrons. The van der Waals surface area contributed by atoms with Crippen LogP contribution in [0.3, 0.4) is 0 Å². The molecule has 0 saturated heterocycles. The molecule has 0 spiro atoms. The Morgan fingerprint density at radius 3 is 2.46 bits per heavy atom. The zero-order valence-electron chi connectivity index (χ0n) is 23.2. The molecule has 2 fully saturated rings. The van der Waals surface area contributed by atoms with E-state index in [1.54, 1.807) is 19.1 Å². The summed E-state index contributed by atoms with van der Waals surface area (Å²) in [4.78, 5) is 30.0. The Hall–Kier alpha value is -1.97. The van der Waals surface area contributed by atoms with Crippen LogP contribution in [0.4, 0.5) is 0 Å². The van der Waals surface area contributed by atoms with E-state index in [1.807, 2.05) is 20.8 Å². The molecule has 0 bridgehead atoms. The topological polar surface area (TPSA) is 113 Å². The van der Waals surface area contributed by atoms with Gasteiger partial charge in [0.15, 0.2) is 14.8 Å². The van der Waals surface area contributed by atoms with Crippen LogP contribution in [0, 0.1) is 24.2 Å². The highest BCUT2D eigenvalue weighted by molar-refractivity contribution is 7.91. The van der Waals surface area contributed by atoms with E-state index in [0.717, 1.165) is 36.3 Å². The van der Waals surface area contributed by atoms with E-state index in [4.69, 9.17) is 21.7 Å². The summed E-state index contributed by atoms with van der Waals surface area (Å²) >= 11 is 8.14. The van der Waals surface area contributed by atoms with Crippen LogP contribution in [0.25, 0.3) is 10.4 Å². The first-order chi connectivity index (χ1) is 18.3. The molecular formula is C29H39ClN2O5S2. The zero-order valence-corrected chi connectivity index (χ0v) is 25.6. The lowest BCUT2D eigenvalue weighted by atomic mass is 9.80. The predicted molar refractivity (Wildman–Crippen MR) is 155 cm³/mol. The highest BCUT2D eigenvalue weighted by Crippen LogP contribution is 2.41. The summed E-state index contributed by atoms with van der Waals surface area (Å²) < 4.78 is 26.6. The molecule has 2 aliphatic carbocycles. The van der Waals surface area contributed by atoms with E-state index >= 15 is 0 Å². The van der Waals surface area contributed by atoms with E-state index in [0.29, 0.717) is 39.9 Å². The van der Waals surface area contributed by atoms with Gasteiger partial charge in [0.2, 0.25) is 0 Å². The van der Waals surface area contributed by atoms with Gasteiger partial charge < -0.3 is 10.4 Å². The van der Waals surface area contributed by atoms with Gasteiger partial charge in [0.25, 0.3) is 5.91 Å². The van der Waals surface area contributed by atoms with E-state index in [1.165, 1.54) is 30.6 Å². The highest BCUT2D eigenvalue weighted by atomic mass is 35.5. The van der Waals surface area contributed by atoms with Crippen LogP contribution in [-0.4, -0.2) is 42.2 Å². The van der Waals surface area contributed by atoms with Gasteiger partial charge in [0.1, 0.15) is 0 Å². The van der Waals surface area contributed by atoms with Crippen molar-refractivity contribution in [3.8, 4) is 10.4 Å². The average molecular weight is 595 g/mol. The molecule has 1 amide bonds. The quantitative estimate of drug-likeness (QED) is 0.316. The van der Waals surface area contributed by atoms with E-state index in [9.17, 15) is 18.0 Å². The summed E-state index contributed by atoms with van der Waals surface area (Å²) in [6.07, 6.45) is 8.17. The van der Waals surface area contributed by atoms with Crippen LogP contribution < -0.4 is 5.32 Å². The minimum absolute atomic E-state index is 0.0364. The summed E-state index contributed by atoms with van der Waals surface area (Å²) in [5, 5.41) is 12.8. The lowest BCUT2D eigenvalue weighted by Crippen LogP contribution is -2.46. The minimum atomic E-state index is -3.55. The number of aliphatic carboxylic acids is 1. The van der Waals surface area contributed by atoms with Crippen LogP contribution >= 0.6 is 22.9 Å². The first-order valence-electron chi connectivity index (χ1n) is 13.9. The molecule has 2 aliphatic rings. The third kappa shape index (κ3) is 6.85. The molecule has 0 aliphatic heterocycles. The summed E-state index contributed by atoms with van der Waals surface area (Å²) in [5.74, 6) is -1.04. The molecule has 39 heavy (non-hydrogen) atoms. The fourth-order valence-electron chi connectivity index (χ4n) is 5.52. The van der Waals surface area contributed by atoms with E-state index in [2.05, 4.69) is 5.32 Å². The Balaban J connectivity index is 1.66. The summed E-state index contributed by atoms with van der Waals surface area (Å²) in [6, 6.07) is 3.22. The Morgan fingerprint density at radius 2 is 1.85 bits per heavy atom.